The minimum absolute atomic E-state index is 0.230. The van der Waals surface area contributed by atoms with Crippen molar-refractivity contribution in [3.8, 4) is 0 Å². The van der Waals surface area contributed by atoms with E-state index in [1.54, 1.807) is 0 Å². The smallest absolute Gasteiger partial charge is 0.123 e. The number of halogens is 1. The van der Waals surface area contributed by atoms with Crippen LogP contribution in [0, 0.1) is 19.7 Å². The van der Waals surface area contributed by atoms with Crippen LogP contribution in [0.1, 0.15) is 34.7 Å². The summed E-state index contributed by atoms with van der Waals surface area (Å²) in [5, 5.41) is 0. The highest BCUT2D eigenvalue weighted by Crippen LogP contribution is 2.27. The average Bonchev–Trinajstić information content (AvgIpc) is 2.45. The zero-order chi connectivity index (χ0) is 15.6. The summed E-state index contributed by atoms with van der Waals surface area (Å²) >= 11 is 0. The lowest BCUT2D eigenvalue weighted by Crippen LogP contribution is -2.05. The molecular weight excluding hydrogens is 263 g/mol. The Morgan fingerprint density at radius 2 is 1.57 bits per heavy atom. The van der Waals surface area contributed by atoms with E-state index >= 15 is 0 Å². The number of hydrogen-bond acceptors (Lipinski definition) is 2. The molecule has 0 saturated carbocycles. The molecule has 0 spiro atoms. The van der Waals surface area contributed by atoms with Gasteiger partial charge in [0, 0.05) is 17.8 Å². The molecule has 2 aromatic carbocycles. The van der Waals surface area contributed by atoms with Gasteiger partial charge in [-0.05, 0) is 60.7 Å². The van der Waals surface area contributed by atoms with Crippen LogP contribution in [0.2, 0.25) is 0 Å². The predicted molar refractivity (Wildman–Crippen MR) is 86.9 cm³/mol. The van der Waals surface area contributed by atoms with Crippen LogP contribution in [0.5, 0.6) is 0 Å². The summed E-state index contributed by atoms with van der Waals surface area (Å²) in [4.78, 5) is 0. The molecule has 4 N–H and O–H groups in total. The molecule has 21 heavy (non-hydrogen) atoms. The quantitative estimate of drug-likeness (QED) is 0.843. The molecule has 0 unspecified atom stereocenters. The van der Waals surface area contributed by atoms with Gasteiger partial charge in [-0.25, -0.2) is 4.39 Å². The molecule has 0 bridgehead atoms. The lowest BCUT2D eigenvalue weighted by atomic mass is 9.94. The van der Waals surface area contributed by atoms with Gasteiger partial charge in [0.05, 0.1) is 0 Å². The zero-order valence-corrected chi connectivity index (χ0v) is 12.7. The van der Waals surface area contributed by atoms with Gasteiger partial charge < -0.3 is 11.5 Å². The van der Waals surface area contributed by atoms with E-state index in [4.69, 9.17) is 11.5 Å². The Bertz CT molecular complexity index is 662. The van der Waals surface area contributed by atoms with Gasteiger partial charge in [-0.15, -0.1) is 0 Å². The Hall–Kier alpha value is -2.13. The molecule has 0 aliphatic carbocycles. The number of rotatable bonds is 3. The zero-order valence-electron chi connectivity index (χ0n) is 12.7. The second-order valence-corrected chi connectivity index (χ2v) is 5.35. The normalized spacial score (nSPS) is 12.2. The van der Waals surface area contributed by atoms with E-state index in [1.807, 2.05) is 45.0 Å². The van der Waals surface area contributed by atoms with Crippen molar-refractivity contribution >= 4 is 11.3 Å². The van der Waals surface area contributed by atoms with Crippen molar-refractivity contribution < 1.29 is 4.39 Å². The van der Waals surface area contributed by atoms with Crippen LogP contribution in [-0.4, -0.2) is 0 Å². The largest absolute Gasteiger partial charge is 0.398 e. The van der Waals surface area contributed by atoms with Crippen molar-refractivity contribution in [3.05, 3.63) is 70.0 Å². The molecule has 2 aromatic rings. The molecule has 0 aromatic heterocycles. The number of hydrogen-bond donors (Lipinski definition) is 2. The minimum atomic E-state index is -0.230. The highest BCUT2D eigenvalue weighted by Gasteiger charge is 2.11. The third-order valence-corrected chi connectivity index (χ3v) is 3.79. The molecule has 110 valence electrons. The summed E-state index contributed by atoms with van der Waals surface area (Å²) in [5.41, 5.74) is 18.3. The molecule has 3 heteroatoms. The predicted octanol–water partition coefficient (Wildman–Crippen LogP) is 3.75. The number of allylic oxidation sites excluding steroid dienone is 1. The second-order valence-electron chi connectivity index (χ2n) is 5.35. The Kier molecular flexibility index (Phi) is 4.43. The van der Waals surface area contributed by atoms with Crippen LogP contribution in [0.4, 0.5) is 4.39 Å². The van der Waals surface area contributed by atoms with Crippen molar-refractivity contribution in [1.82, 2.24) is 0 Å². The number of nitrogens with two attached hydrogens (primary N) is 2. The van der Waals surface area contributed by atoms with E-state index in [0.717, 1.165) is 33.4 Å². The van der Waals surface area contributed by atoms with Crippen LogP contribution in [0.25, 0.3) is 11.3 Å². The maximum absolute atomic E-state index is 13.4. The minimum Gasteiger partial charge on any atom is -0.398 e. The lowest BCUT2D eigenvalue weighted by molar-refractivity contribution is 0.625. The molecule has 0 heterocycles. The van der Waals surface area contributed by atoms with E-state index in [0.29, 0.717) is 12.2 Å². The van der Waals surface area contributed by atoms with Crippen LogP contribution >= 0.6 is 0 Å². The summed E-state index contributed by atoms with van der Waals surface area (Å²) < 4.78 is 13.4. The van der Waals surface area contributed by atoms with E-state index < -0.39 is 0 Å². The topological polar surface area (TPSA) is 52.0 Å². The summed E-state index contributed by atoms with van der Waals surface area (Å²) in [6.07, 6.45) is 0. The number of aryl methyl sites for hydroxylation is 2. The second kappa shape index (κ2) is 6.10. The van der Waals surface area contributed by atoms with E-state index in [9.17, 15) is 4.39 Å². The number of benzene rings is 2. The molecule has 0 aliphatic heterocycles. The summed E-state index contributed by atoms with van der Waals surface area (Å²) in [5.74, 6) is -0.230. The van der Waals surface area contributed by atoms with Crippen LogP contribution in [0.3, 0.4) is 0 Å². The van der Waals surface area contributed by atoms with Crippen LogP contribution in [-0.2, 0) is 6.54 Å². The van der Waals surface area contributed by atoms with Crippen LogP contribution < -0.4 is 11.5 Å². The first kappa shape index (κ1) is 15.3. The van der Waals surface area contributed by atoms with E-state index in [-0.39, 0.29) is 5.82 Å². The van der Waals surface area contributed by atoms with Gasteiger partial charge in [0.25, 0.3) is 0 Å². The highest BCUT2D eigenvalue weighted by molar-refractivity contribution is 5.90. The van der Waals surface area contributed by atoms with E-state index in [1.165, 1.54) is 12.1 Å². The van der Waals surface area contributed by atoms with Gasteiger partial charge in [-0.1, -0.05) is 24.3 Å². The van der Waals surface area contributed by atoms with Crippen molar-refractivity contribution in [3.63, 3.8) is 0 Å². The first-order chi connectivity index (χ1) is 9.93. The summed E-state index contributed by atoms with van der Waals surface area (Å²) in [7, 11) is 0. The SMILES string of the molecule is C/C(=C(/N)c1c(C)cc(F)cc1C)c1ccc(CN)cc1. The van der Waals surface area contributed by atoms with Gasteiger partial charge in [-0.2, -0.15) is 0 Å². The average molecular weight is 284 g/mol. The van der Waals surface area contributed by atoms with Gasteiger partial charge in [-0.3, -0.25) is 0 Å². The van der Waals surface area contributed by atoms with Crippen molar-refractivity contribution in [2.24, 2.45) is 11.5 Å². The van der Waals surface area contributed by atoms with Crippen molar-refractivity contribution in [1.29, 1.82) is 0 Å². The lowest BCUT2D eigenvalue weighted by Gasteiger charge is -2.14. The first-order valence-electron chi connectivity index (χ1n) is 6.97. The fourth-order valence-electron chi connectivity index (χ4n) is 2.57. The third kappa shape index (κ3) is 3.14. The van der Waals surface area contributed by atoms with Gasteiger partial charge in [0.1, 0.15) is 5.82 Å². The molecule has 0 saturated heterocycles. The van der Waals surface area contributed by atoms with Gasteiger partial charge >= 0.3 is 0 Å². The molecule has 0 aliphatic rings. The standard InChI is InChI=1S/C18H21FN2/c1-11-8-16(19)9-12(2)17(11)18(21)13(3)15-6-4-14(10-20)5-7-15/h4-9H,10,20-21H2,1-3H3/b18-13-. The van der Waals surface area contributed by atoms with Gasteiger partial charge in [0.2, 0.25) is 0 Å². The maximum atomic E-state index is 13.4. The molecule has 2 rings (SSSR count). The van der Waals surface area contributed by atoms with Crippen molar-refractivity contribution in [2.75, 3.05) is 0 Å². The molecule has 0 atom stereocenters. The highest BCUT2D eigenvalue weighted by atomic mass is 19.1. The Morgan fingerprint density at radius 1 is 1.05 bits per heavy atom. The Morgan fingerprint density at radius 3 is 2.05 bits per heavy atom. The molecule has 0 amide bonds. The van der Waals surface area contributed by atoms with Gasteiger partial charge in [0.15, 0.2) is 0 Å². The molecular formula is C18H21FN2. The van der Waals surface area contributed by atoms with Crippen LogP contribution in [0.15, 0.2) is 36.4 Å². The third-order valence-electron chi connectivity index (χ3n) is 3.79. The van der Waals surface area contributed by atoms with Crippen molar-refractivity contribution in [2.45, 2.75) is 27.3 Å². The summed E-state index contributed by atoms with van der Waals surface area (Å²) in [6.45, 7) is 6.26. The molecule has 0 fully saturated rings. The Balaban J connectivity index is 2.51. The fraction of sp³-hybridized carbons (Fsp3) is 0.222. The first-order valence-corrected chi connectivity index (χ1v) is 6.97. The van der Waals surface area contributed by atoms with E-state index in [2.05, 4.69) is 0 Å². The molecule has 0 radical (unpaired) electrons. The monoisotopic (exact) mass is 284 g/mol. The summed E-state index contributed by atoms with van der Waals surface area (Å²) in [6, 6.07) is 11.0. The molecule has 2 nitrogen and oxygen atoms in total. The fourth-order valence-corrected chi connectivity index (χ4v) is 2.57. The Labute approximate surface area is 125 Å². The maximum Gasteiger partial charge on any atom is 0.123 e.